The number of aromatic hydroxyl groups is 1. The van der Waals surface area contributed by atoms with Gasteiger partial charge in [0.2, 0.25) is 6.41 Å². The Hall–Kier alpha value is -2.94. The summed E-state index contributed by atoms with van der Waals surface area (Å²) in [6.45, 7) is 10.2. The first-order valence-electron chi connectivity index (χ1n) is 17.7. The van der Waals surface area contributed by atoms with Gasteiger partial charge in [0.05, 0.1) is 18.2 Å². The van der Waals surface area contributed by atoms with Crippen LogP contribution in [0.1, 0.15) is 36.0 Å². The second-order valence-electron chi connectivity index (χ2n) is 13.6. The van der Waals surface area contributed by atoms with Gasteiger partial charge in [-0.1, -0.05) is 24.1 Å². The summed E-state index contributed by atoms with van der Waals surface area (Å²) < 4.78 is 44.3. The minimum absolute atomic E-state index is 0.107. The first kappa shape index (κ1) is 42.5. The Labute approximate surface area is 306 Å². The Balaban J connectivity index is 0.000000277. The number of amides is 1. The second-order valence-corrected chi connectivity index (χ2v) is 14.0. The Morgan fingerprint density at radius 2 is 1.63 bits per heavy atom. The average molecular weight is 741 g/mol. The number of likely N-dealkylation sites (tertiary alicyclic amines) is 1. The largest absolute Gasteiger partial charge is 0.508 e. The number of carbonyl (C=O) groups excluding carboxylic acids is 2. The van der Waals surface area contributed by atoms with Crippen LogP contribution in [0.3, 0.4) is 0 Å². The number of piperazine rings is 1. The number of anilines is 1. The smallest absolute Gasteiger partial charge is 0.416 e. The number of phenols is 1. The van der Waals surface area contributed by atoms with Crippen molar-refractivity contribution >= 4 is 30.0 Å². The summed E-state index contributed by atoms with van der Waals surface area (Å²) in [4.78, 5) is 35.4. The number of piperidine rings is 1. The fraction of sp³-hybridized carbons (Fsp3) is 0.622. The lowest BCUT2D eigenvalue weighted by Crippen LogP contribution is -2.45. The number of rotatable bonds is 17. The predicted molar refractivity (Wildman–Crippen MR) is 197 cm³/mol. The van der Waals surface area contributed by atoms with Crippen LogP contribution in [0.2, 0.25) is 5.02 Å². The maximum absolute atomic E-state index is 13.1. The van der Waals surface area contributed by atoms with Gasteiger partial charge in [-0.25, -0.2) is 0 Å². The highest BCUT2D eigenvalue weighted by atomic mass is 35.5. The number of aldehydes is 1. The molecule has 2 heterocycles. The number of benzene rings is 2. The van der Waals surface area contributed by atoms with Crippen LogP contribution < -0.4 is 4.90 Å². The average Bonchev–Trinajstić information content (AvgIpc) is 3.11. The lowest BCUT2D eigenvalue weighted by molar-refractivity contribution is -0.137. The van der Waals surface area contributed by atoms with Crippen LogP contribution in [0.4, 0.5) is 18.9 Å². The predicted octanol–water partition coefficient (Wildman–Crippen LogP) is 4.57. The topological polar surface area (TPSA) is 83.0 Å². The van der Waals surface area contributed by atoms with E-state index < -0.39 is 11.7 Å². The van der Waals surface area contributed by atoms with Crippen LogP contribution in [0, 0.1) is 0 Å². The number of halogens is 4. The van der Waals surface area contributed by atoms with E-state index in [9.17, 15) is 27.9 Å². The lowest BCUT2D eigenvalue weighted by atomic mass is 10.1. The molecule has 2 aliphatic heterocycles. The van der Waals surface area contributed by atoms with E-state index in [1.807, 2.05) is 23.9 Å². The first-order chi connectivity index (χ1) is 24.3. The van der Waals surface area contributed by atoms with E-state index in [1.54, 1.807) is 30.2 Å². The highest BCUT2D eigenvalue weighted by Gasteiger charge is 2.32. The molecule has 0 spiro atoms. The Morgan fingerprint density at radius 3 is 2.24 bits per heavy atom. The van der Waals surface area contributed by atoms with Crippen molar-refractivity contribution in [2.24, 2.45) is 0 Å². The SMILES string of the molecule is CN(CCN(C=O)CCN1CCCCC1)C(C=O)Cc1ccc(O)cc1Cl.COCCN(C)Cc1cc(C(F)(F)F)ccc1N1CCN(C)CC1. The number of hydrogen-bond acceptors (Lipinski definition) is 9. The molecule has 1 N–H and O–H groups in total. The van der Waals surface area contributed by atoms with Gasteiger partial charge in [-0.3, -0.25) is 14.6 Å². The minimum atomic E-state index is -4.32. The van der Waals surface area contributed by atoms with Crippen molar-refractivity contribution in [1.82, 2.24) is 24.5 Å². The quantitative estimate of drug-likeness (QED) is 0.235. The van der Waals surface area contributed by atoms with Gasteiger partial charge < -0.3 is 34.2 Å². The van der Waals surface area contributed by atoms with E-state index in [0.717, 1.165) is 69.8 Å². The zero-order chi connectivity index (χ0) is 37.4. The van der Waals surface area contributed by atoms with E-state index in [1.165, 1.54) is 37.5 Å². The number of methoxy groups -OCH3 is 1. The first-order valence-corrected chi connectivity index (χ1v) is 18.1. The van der Waals surface area contributed by atoms with Crippen molar-refractivity contribution < 1.29 is 32.6 Å². The molecule has 10 nitrogen and oxygen atoms in total. The van der Waals surface area contributed by atoms with Crippen molar-refractivity contribution in [2.45, 2.75) is 44.4 Å². The molecule has 286 valence electrons. The molecule has 14 heteroatoms. The van der Waals surface area contributed by atoms with Gasteiger partial charge in [0, 0.05) is 83.3 Å². The summed E-state index contributed by atoms with van der Waals surface area (Å²) in [7, 11) is 7.45. The summed E-state index contributed by atoms with van der Waals surface area (Å²) in [5, 5.41) is 9.90. The Morgan fingerprint density at radius 1 is 0.922 bits per heavy atom. The van der Waals surface area contributed by atoms with Gasteiger partial charge in [0.1, 0.15) is 12.0 Å². The van der Waals surface area contributed by atoms with Gasteiger partial charge in [0.15, 0.2) is 0 Å². The van der Waals surface area contributed by atoms with Crippen LogP contribution >= 0.6 is 11.6 Å². The molecule has 1 amide bonds. The molecule has 2 aromatic carbocycles. The van der Waals surface area contributed by atoms with Crippen LogP contribution in [-0.4, -0.2) is 155 Å². The van der Waals surface area contributed by atoms with Gasteiger partial charge in [-0.15, -0.1) is 0 Å². The third kappa shape index (κ3) is 14.5. The molecule has 1 atom stereocenters. The van der Waals surface area contributed by atoms with Gasteiger partial charge in [-0.2, -0.15) is 13.2 Å². The molecule has 0 bridgehead atoms. The molecule has 2 aromatic rings. The van der Waals surface area contributed by atoms with Gasteiger partial charge in [-0.05, 0) is 95.0 Å². The number of nitrogens with zero attached hydrogens (tertiary/aromatic N) is 6. The maximum Gasteiger partial charge on any atom is 0.416 e. The van der Waals surface area contributed by atoms with Crippen molar-refractivity contribution in [2.75, 3.05) is 112 Å². The molecule has 2 saturated heterocycles. The zero-order valence-corrected chi connectivity index (χ0v) is 31.3. The van der Waals surface area contributed by atoms with E-state index >= 15 is 0 Å². The third-order valence-corrected chi connectivity index (χ3v) is 9.95. The molecule has 0 radical (unpaired) electrons. The summed E-state index contributed by atoms with van der Waals surface area (Å²) >= 11 is 6.15. The maximum atomic E-state index is 13.1. The lowest BCUT2D eigenvalue weighted by Gasteiger charge is -2.36. The van der Waals surface area contributed by atoms with Crippen molar-refractivity contribution in [3.63, 3.8) is 0 Å². The monoisotopic (exact) mass is 740 g/mol. The molecule has 4 rings (SSSR count). The van der Waals surface area contributed by atoms with Crippen molar-refractivity contribution in [3.05, 3.63) is 58.1 Å². The molecule has 2 fully saturated rings. The van der Waals surface area contributed by atoms with E-state index in [4.69, 9.17) is 16.3 Å². The van der Waals surface area contributed by atoms with Crippen LogP contribution in [-0.2, 0) is 33.5 Å². The number of phenolic OH excluding ortho intramolecular Hbond substituents is 1. The molecule has 2 aliphatic rings. The molecular formula is C37H56ClF3N6O4. The minimum Gasteiger partial charge on any atom is -0.508 e. The molecular weight excluding hydrogens is 685 g/mol. The van der Waals surface area contributed by atoms with Crippen molar-refractivity contribution in [3.8, 4) is 5.75 Å². The molecule has 0 aromatic heterocycles. The summed E-state index contributed by atoms with van der Waals surface area (Å²) in [6, 6.07) is 8.54. The summed E-state index contributed by atoms with van der Waals surface area (Å²) in [5.41, 5.74) is 1.85. The fourth-order valence-electron chi connectivity index (χ4n) is 6.22. The van der Waals surface area contributed by atoms with E-state index in [0.29, 0.717) is 56.3 Å². The number of likely N-dealkylation sites (N-methyl/N-ethyl adjacent to an activating group) is 3. The molecule has 0 saturated carbocycles. The standard InChI is InChI=1S/C20H30ClN3O3.C17H26F3N3O/c1-22(18(15-25)13-17-5-6-19(27)14-20(17)21)9-10-24(16-26)12-11-23-7-3-2-4-8-23;1-21-6-8-23(9-7-21)16-5-4-15(17(18,19)20)12-14(16)13-22(2)10-11-24-3/h5-6,14-16,18,27H,2-4,7-13H2,1H3;4-5,12H,6-11,13H2,1-3H3. The number of carbonyl (C=O) groups is 2. The third-order valence-electron chi connectivity index (χ3n) is 9.60. The normalized spacial score (nSPS) is 16.5. The molecule has 0 aliphatic carbocycles. The second kappa shape index (κ2) is 21.6. The highest BCUT2D eigenvalue weighted by Crippen LogP contribution is 2.34. The number of ether oxygens (including phenoxy) is 1. The van der Waals surface area contributed by atoms with Gasteiger partial charge in [0.25, 0.3) is 0 Å². The number of hydrogen-bond donors (Lipinski definition) is 1. The molecule has 1 unspecified atom stereocenters. The molecule has 51 heavy (non-hydrogen) atoms. The highest BCUT2D eigenvalue weighted by molar-refractivity contribution is 6.31. The fourth-order valence-corrected chi connectivity index (χ4v) is 6.47. The van der Waals surface area contributed by atoms with Crippen LogP contribution in [0.25, 0.3) is 0 Å². The Kier molecular flexibility index (Phi) is 17.9. The van der Waals surface area contributed by atoms with Crippen molar-refractivity contribution in [1.29, 1.82) is 0 Å². The zero-order valence-electron chi connectivity index (χ0n) is 30.6. The number of alkyl halides is 3. The Bertz CT molecular complexity index is 1340. The summed E-state index contributed by atoms with van der Waals surface area (Å²) in [5.74, 6) is 0.107. The van der Waals surface area contributed by atoms with E-state index in [-0.39, 0.29) is 11.8 Å². The van der Waals surface area contributed by atoms with Crippen LogP contribution in [0.15, 0.2) is 36.4 Å². The van der Waals surface area contributed by atoms with Crippen LogP contribution in [0.5, 0.6) is 5.75 Å². The van der Waals surface area contributed by atoms with Gasteiger partial charge >= 0.3 is 6.18 Å². The van der Waals surface area contributed by atoms with E-state index in [2.05, 4.69) is 21.7 Å². The summed E-state index contributed by atoms with van der Waals surface area (Å²) in [6.07, 6.45) is 1.73.